The quantitative estimate of drug-likeness (QED) is 0.135. The number of esters is 1. The monoisotopic (exact) mass is 464 g/mol. The van der Waals surface area contributed by atoms with E-state index >= 15 is 0 Å². The summed E-state index contributed by atoms with van der Waals surface area (Å²) >= 11 is 1.07. The lowest BCUT2D eigenvalue weighted by molar-refractivity contribution is -0.129. The van der Waals surface area contributed by atoms with Crippen molar-refractivity contribution >= 4 is 33.2 Å². The van der Waals surface area contributed by atoms with E-state index in [1.165, 1.54) is 30.3 Å². The number of hydrogen-bond acceptors (Lipinski definition) is 5. The molecule has 1 aromatic heterocycles. The fourth-order valence-corrected chi connectivity index (χ4v) is 4.66. The second-order valence-corrected chi connectivity index (χ2v) is 8.37. The van der Waals surface area contributed by atoms with Gasteiger partial charge in [-0.05, 0) is 67.4 Å². The van der Waals surface area contributed by atoms with Gasteiger partial charge in [0.05, 0.1) is 0 Å². The van der Waals surface area contributed by atoms with Crippen LogP contribution in [0.4, 0.5) is 8.78 Å². The average Bonchev–Trinajstić information content (AvgIpc) is 3.11. The van der Waals surface area contributed by atoms with Gasteiger partial charge in [-0.3, -0.25) is 4.79 Å². The molecular weight excluding hydrogens is 446 g/mol. The fourth-order valence-electron chi connectivity index (χ4n) is 3.56. The number of ether oxygens (including phenoxy) is 2. The van der Waals surface area contributed by atoms with E-state index in [2.05, 4.69) is 6.58 Å². The van der Waals surface area contributed by atoms with Crippen molar-refractivity contribution in [2.75, 3.05) is 0 Å². The van der Waals surface area contributed by atoms with E-state index in [0.717, 1.165) is 17.4 Å². The molecule has 7 heteroatoms. The van der Waals surface area contributed by atoms with Gasteiger partial charge >= 0.3 is 5.97 Å². The molecule has 0 bridgehead atoms. The van der Waals surface area contributed by atoms with Gasteiger partial charge in [0.2, 0.25) is 5.78 Å². The molecule has 0 aliphatic carbocycles. The predicted octanol–water partition coefficient (Wildman–Crippen LogP) is 6.91. The van der Waals surface area contributed by atoms with Crippen LogP contribution < -0.4 is 9.47 Å². The normalized spacial score (nSPS) is 10.8. The Morgan fingerprint density at radius 2 is 1.61 bits per heavy atom. The number of ketones is 1. The number of aryl methyl sites for hydroxylation is 2. The average molecular weight is 464 g/mol. The molecule has 4 rings (SSSR count). The highest BCUT2D eigenvalue weighted by Crippen LogP contribution is 2.44. The molecule has 3 aromatic carbocycles. The molecule has 4 nitrogen and oxygen atoms in total. The third-order valence-corrected chi connectivity index (χ3v) is 6.11. The number of benzene rings is 3. The van der Waals surface area contributed by atoms with E-state index < -0.39 is 17.6 Å². The number of hydrogen-bond donors (Lipinski definition) is 0. The van der Waals surface area contributed by atoms with Crippen molar-refractivity contribution in [2.24, 2.45) is 0 Å². The Balaban J connectivity index is 1.88. The van der Waals surface area contributed by atoms with Gasteiger partial charge in [-0.25, -0.2) is 13.6 Å². The van der Waals surface area contributed by atoms with Crippen LogP contribution in [0.1, 0.15) is 26.4 Å². The first-order chi connectivity index (χ1) is 15.8. The number of rotatable bonds is 6. The van der Waals surface area contributed by atoms with Crippen LogP contribution in [0.25, 0.3) is 10.1 Å². The standard InChI is InChI=1S/C26H18F2O4S/c1-4-22(29)31-19-7-5-6-8-20(19)32-25-18-10-9-16(27)13-21(18)33-26(25)24(30)23-14(2)11-17(28)12-15(23)3/h4-13H,1H2,2-3H3. The largest absolute Gasteiger partial charge is 0.451 e. The first kappa shape index (κ1) is 22.4. The Kier molecular flexibility index (Phi) is 6.07. The van der Waals surface area contributed by atoms with Crippen LogP contribution in [0, 0.1) is 25.5 Å². The maximum atomic E-state index is 13.9. The molecule has 0 aliphatic rings. The predicted molar refractivity (Wildman–Crippen MR) is 123 cm³/mol. The number of para-hydroxylation sites is 2. The molecule has 0 atom stereocenters. The number of carbonyl (C=O) groups is 2. The van der Waals surface area contributed by atoms with Gasteiger partial charge in [-0.1, -0.05) is 18.7 Å². The third kappa shape index (κ3) is 4.40. The fraction of sp³-hybridized carbons (Fsp3) is 0.0769. The highest BCUT2D eigenvalue weighted by molar-refractivity contribution is 7.21. The second-order valence-electron chi connectivity index (χ2n) is 7.32. The zero-order valence-corrected chi connectivity index (χ0v) is 18.6. The van der Waals surface area contributed by atoms with Crippen LogP contribution in [-0.2, 0) is 4.79 Å². The lowest BCUT2D eigenvalue weighted by Crippen LogP contribution is -2.07. The molecule has 0 amide bonds. The molecule has 0 saturated carbocycles. The van der Waals surface area contributed by atoms with E-state index in [9.17, 15) is 18.4 Å². The van der Waals surface area contributed by atoms with Gasteiger partial charge in [0.1, 0.15) is 16.5 Å². The van der Waals surface area contributed by atoms with Gasteiger partial charge in [-0.2, -0.15) is 0 Å². The summed E-state index contributed by atoms with van der Waals surface area (Å²) in [6, 6.07) is 13.2. The summed E-state index contributed by atoms with van der Waals surface area (Å²) in [6.07, 6.45) is 1.02. The Hall–Kier alpha value is -3.84. The van der Waals surface area contributed by atoms with Crippen molar-refractivity contribution in [1.82, 2.24) is 0 Å². The van der Waals surface area contributed by atoms with E-state index in [1.807, 2.05) is 0 Å². The summed E-state index contributed by atoms with van der Waals surface area (Å²) in [4.78, 5) is 25.5. The van der Waals surface area contributed by atoms with Gasteiger partial charge < -0.3 is 9.47 Å². The highest BCUT2D eigenvalue weighted by Gasteiger charge is 2.25. The summed E-state index contributed by atoms with van der Waals surface area (Å²) in [5, 5.41) is 0.520. The van der Waals surface area contributed by atoms with E-state index in [1.54, 1.807) is 38.1 Å². The van der Waals surface area contributed by atoms with Crippen LogP contribution in [0.5, 0.6) is 17.2 Å². The highest BCUT2D eigenvalue weighted by atomic mass is 32.1. The first-order valence-corrected chi connectivity index (χ1v) is 10.7. The molecule has 0 unspecified atom stereocenters. The number of halogens is 2. The van der Waals surface area contributed by atoms with Crippen LogP contribution in [0.15, 0.2) is 67.3 Å². The van der Waals surface area contributed by atoms with Gasteiger partial charge in [-0.15, -0.1) is 11.3 Å². The van der Waals surface area contributed by atoms with Crippen LogP contribution in [0.2, 0.25) is 0 Å². The maximum Gasteiger partial charge on any atom is 0.335 e. The molecule has 0 spiro atoms. The molecule has 0 fully saturated rings. The molecule has 0 N–H and O–H groups in total. The van der Waals surface area contributed by atoms with Crippen LogP contribution in [0.3, 0.4) is 0 Å². The van der Waals surface area contributed by atoms with Crippen LogP contribution >= 0.6 is 11.3 Å². The van der Waals surface area contributed by atoms with E-state index in [4.69, 9.17) is 9.47 Å². The van der Waals surface area contributed by atoms with Crippen molar-refractivity contribution in [2.45, 2.75) is 13.8 Å². The summed E-state index contributed by atoms with van der Waals surface area (Å²) in [5.41, 5.74) is 1.31. The van der Waals surface area contributed by atoms with Crippen LogP contribution in [-0.4, -0.2) is 11.8 Å². The summed E-state index contributed by atoms with van der Waals surface area (Å²) in [5.74, 6) is -1.41. The summed E-state index contributed by atoms with van der Waals surface area (Å²) in [7, 11) is 0. The summed E-state index contributed by atoms with van der Waals surface area (Å²) in [6.45, 7) is 6.69. The minimum Gasteiger partial charge on any atom is -0.451 e. The number of thiophene rings is 1. The Bertz CT molecular complexity index is 1400. The maximum absolute atomic E-state index is 13.9. The third-order valence-electron chi connectivity index (χ3n) is 4.98. The first-order valence-electron chi connectivity index (χ1n) is 9.93. The number of carbonyl (C=O) groups excluding carboxylic acids is 2. The molecule has 4 aromatic rings. The van der Waals surface area contributed by atoms with Crippen molar-refractivity contribution in [1.29, 1.82) is 0 Å². The molecule has 0 radical (unpaired) electrons. The van der Waals surface area contributed by atoms with Crippen molar-refractivity contribution in [3.63, 3.8) is 0 Å². The van der Waals surface area contributed by atoms with Crippen molar-refractivity contribution in [3.05, 3.63) is 100 Å². The minimum absolute atomic E-state index is 0.136. The van der Waals surface area contributed by atoms with Crippen molar-refractivity contribution < 1.29 is 27.8 Å². The molecule has 33 heavy (non-hydrogen) atoms. The Morgan fingerprint density at radius 1 is 0.939 bits per heavy atom. The van der Waals surface area contributed by atoms with E-state index in [0.29, 0.717) is 26.8 Å². The lowest BCUT2D eigenvalue weighted by atomic mass is 9.97. The summed E-state index contributed by atoms with van der Waals surface area (Å²) < 4.78 is 39.6. The second kappa shape index (κ2) is 8.96. The smallest absolute Gasteiger partial charge is 0.335 e. The molecule has 0 aliphatic heterocycles. The molecule has 0 saturated heterocycles. The lowest BCUT2D eigenvalue weighted by Gasteiger charge is -2.13. The zero-order valence-electron chi connectivity index (χ0n) is 17.8. The molecule has 166 valence electrons. The Morgan fingerprint density at radius 3 is 2.27 bits per heavy atom. The Labute approximate surface area is 192 Å². The zero-order chi connectivity index (χ0) is 23.7. The van der Waals surface area contributed by atoms with E-state index in [-0.39, 0.29) is 27.9 Å². The number of fused-ring (bicyclic) bond motifs is 1. The minimum atomic E-state index is -0.669. The molecular formula is C26H18F2O4S. The van der Waals surface area contributed by atoms with Crippen molar-refractivity contribution in [3.8, 4) is 17.2 Å². The topological polar surface area (TPSA) is 52.6 Å². The van der Waals surface area contributed by atoms with Gasteiger partial charge in [0.15, 0.2) is 17.2 Å². The van der Waals surface area contributed by atoms with Gasteiger partial charge in [0.25, 0.3) is 0 Å². The molecule has 1 heterocycles. The van der Waals surface area contributed by atoms with Gasteiger partial charge in [0, 0.05) is 21.7 Å². The SMILES string of the molecule is C=CC(=O)Oc1ccccc1Oc1c(C(=O)c2c(C)cc(F)cc2C)sc2cc(F)ccc12.